The average molecular weight is 346 g/mol. The molecule has 1 fully saturated rings. The number of nitrogens with zero attached hydrogens (tertiary/aromatic N) is 6. The van der Waals surface area contributed by atoms with E-state index in [1.165, 1.54) is 7.05 Å². The standard InChI is InChI=1S/C15H22N8O2/c1-10(14(24)20-15(25)16-2)22-4-6-23(7-5-22)13-11-8-19-21(3)12(11)17-9-18-13/h8-10H,4-7H2,1-3H3,(H2,16,20,24,25). The highest BCUT2D eigenvalue weighted by Gasteiger charge is 2.27. The van der Waals surface area contributed by atoms with Crippen LogP contribution in [0.4, 0.5) is 10.6 Å². The van der Waals surface area contributed by atoms with Gasteiger partial charge in [0, 0.05) is 40.3 Å². The van der Waals surface area contributed by atoms with Gasteiger partial charge in [0.25, 0.3) is 0 Å². The van der Waals surface area contributed by atoms with Crippen LogP contribution in [0.5, 0.6) is 0 Å². The lowest BCUT2D eigenvalue weighted by Gasteiger charge is -2.37. The molecule has 2 aromatic heterocycles. The molecule has 1 saturated heterocycles. The summed E-state index contributed by atoms with van der Waals surface area (Å²) < 4.78 is 1.72. The molecule has 25 heavy (non-hydrogen) atoms. The van der Waals surface area contributed by atoms with Gasteiger partial charge in [-0.15, -0.1) is 0 Å². The molecular weight excluding hydrogens is 324 g/mol. The van der Waals surface area contributed by atoms with Crippen LogP contribution in [-0.2, 0) is 11.8 Å². The van der Waals surface area contributed by atoms with Crippen LogP contribution in [0, 0.1) is 0 Å². The fourth-order valence-corrected chi connectivity index (χ4v) is 2.97. The molecule has 10 nitrogen and oxygen atoms in total. The lowest BCUT2D eigenvalue weighted by Crippen LogP contribution is -2.55. The van der Waals surface area contributed by atoms with Crippen molar-refractivity contribution >= 4 is 28.8 Å². The van der Waals surface area contributed by atoms with Crippen LogP contribution >= 0.6 is 0 Å². The largest absolute Gasteiger partial charge is 0.353 e. The third-order valence-corrected chi connectivity index (χ3v) is 4.51. The molecular formula is C15H22N8O2. The summed E-state index contributed by atoms with van der Waals surface area (Å²) in [7, 11) is 3.33. The van der Waals surface area contributed by atoms with Crippen molar-refractivity contribution in [1.82, 2.24) is 35.3 Å². The zero-order valence-corrected chi connectivity index (χ0v) is 14.6. The first-order valence-electron chi connectivity index (χ1n) is 8.15. The molecule has 3 heterocycles. The number of aryl methyl sites for hydroxylation is 1. The summed E-state index contributed by atoms with van der Waals surface area (Å²) in [5.41, 5.74) is 0.797. The monoisotopic (exact) mass is 346 g/mol. The molecule has 3 rings (SSSR count). The number of anilines is 1. The Hall–Kier alpha value is -2.75. The zero-order valence-electron chi connectivity index (χ0n) is 14.6. The summed E-state index contributed by atoms with van der Waals surface area (Å²) in [5, 5.41) is 9.86. The van der Waals surface area contributed by atoms with Gasteiger partial charge in [0.2, 0.25) is 5.91 Å². The van der Waals surface area contributed by atoms with E-state index in [2.05, 4.69) is 35.5 Å². The van der Waals surface area contributed by atoms with E-state index >= 15 is 0 Å². The van der Waals surface area contributed by atoms with E-state index in [1.54, 1.807) is 24.1 Å². The molecule has 3 amide bonds. The number of carbonyl (C=O) groups is 2. The number of aromatic nitrogens is 4. The number of urea groups is 1. The minimum Gasteiger partial charge on any atom is -0.353 e. The summed E-state index contributed by atoms with van der Waals surface area (Å²) in [5.74, 6) is 0.560. The molecule has 2 aromatic rings. The fraction of sp³-hybridized carbons (Fsp3) is 0.533. The molecule has 1 aliphatic rings. The van der Waals surface area contributed by atoms with Gasteiger partial charge in [-0.1, -0.05) is 0 Å². The van der Waals surface area contributed by atoms with Gasteiger partial charge in [-0.25, -0.2) is 14.8 Å². The van der Waals surface area contributed by atoms with Gasteiger partial charge < -0.3 is 10.2 Å². The summed E-state index contributed by atoms with van der Waals surface area (Å²) in [6.07, 6.45) is 3.32. The fourth-order valence-electron chi connectivity index (χ4n) is 2.97. The van der Waals surface area contributed by atoms with Crippen molar-refractivity contribution in [3.63, 3.8) is 0 Å². The Morgan fingerprint density at radius 1 is 1.20 bits per heavy atom. The summed E-state index contributed by atoms with van der Waals surface area (Å²) in [6.45, 7) is 4.68. The molecule has 10 heteroatoms. The predicted molar refractivity (Wildman–Crippen MR) is 92.2 cm³/mol. The van der Waals surface area contributed by atoms with Crippen LogP contribution in [-0.4, -0.2) is 75.9 Å². The second kappa shape index (κ2) is 7.01. The quantitative estimate of drug-likeness (QED) is 0.759. The van der Waals surface area contributed by atoms with Crippen LogP contribution in [0.3, 0.4) is 0 Å². The molecule has 0 bridgehead atoms. The zero-order chi connectivity index (χ0) is 18.0. The number of nitrogens with one attached hydrogen (secondary N) is 2. The summed E-state index contributed by atoms with van der Waals surface area (Å²) >= 11 is 0. The Balaban J connectivity index is 1.65. The van der Waals surface area contributed by atoms with Crippen molar-refractivity contribution in [3.8, 4) is 0 Å². The first-order valence-corrected chi connectivity index (χ1v) is 8.15. The molecule has 0 spiro atoms. The summed E-state index contributed by atoms with van der Waals surface area (Å²) in [4.78, 5) is 36.3. The second-order valence-corrected chi connectivity index (χ2v) is 5.97. The third kappa shape index (κ3) is 3.38. The van der Waals surface area contributed by atoms with E-state index in [-0.39, 0.29) is 11.9 Å². The van der Waals surface area contributed by atoms with Crippen LogP contribution in [0.1, 0.15) is 6.92 Å². The molecule has 134 valence electrons. The van der Waals surface area contributed by atoms with Gasteiger partial charge >= 0.3 is 6.03 Å². The van der Waals surface area contributed by atoms with E-state index in [4.69, 9.17) is 0 Å². The topological polar surface area (TPSA) is 108 Å². The highest BCUT2D eigenvalue weighted by molar-refractivity contribution is 5.96. The Morgan fingerprint density at radius 3 is 2.60 bits per heavy atom. The van der Waals surface area contributed by atoms with E-state index in [0.717, 1.165) is 29.9 Å². The van der Waals surface area contributed by atoms with Gasteiger partial charge in [-0.05, 0) is 6.92 Å². The molecule has 1 unspecified atom stereocenters. The van der Waals surface area contributed by atoms with Crippen LogP contribution in [0.25, 0.3) is 11.0 Å². The Labute approximate surface area is 145 Å². The molecule has 1 atom stereocenters. The number of hydrogen-bond acceptors (Lipinski definition) is 7. The maximum Gasteiger partial charge on any atom is 0.321 e. The van der Waals surface area contributed by atoms with Crippen LogP contribution in [0.15, 0.2) is 12.5 Å². The van der Waals surface area contributed by atoms with E-state index in [0.29, 0.717) is 13.1 Å². The molecule has 2 N–H and O–H groups in total. The molecule has 0 radical (unpaired) electrons. The van der Waals surface area contributed by atoms with E-state index in [9.17, 15) is 9.59 Å². The third-order valence-electron chi connectivity index (χ3n) is 4.51. The highest BCUT2D eigenvalue weighted by atomic mass is 16.2. The SMILES string of the molecule is CNC(=O)NC(=O)C(C)N1CCN(c2ncnc3c2cnn3C)CC1. The summed E-state index contributed by atoms with van der Waals surface area (Å²) in [6, 6.07) is -0.862. The Bertz CT molecular complexity index is 781. The first-order chi connectivity index (χ1) is 12.0. The molecule has 0 aliphatic carbocycles. The number of rotatable bonds is 3. The van der Waals surface area contributed by atoms with Gasteiger partial charge in [0.15, 0.2) is 5.65 Å². The number of fused-ring (bicyclic) bond motifs is 1. The minimum atomic E-state index is -0.490. The van der Waals surface area contributed by atoms with Crippen molar-refractivity contribution in [2.45, 2.75) is 13.0 Å². The first kappa shape index (κ1) is 17.1. The number of carbonyl (C=O) groups excluding carboxylic acids is 2. The molecule has 0 aromatic carbocycles. The Kier molecular flexibility index (Phi) is 4.79. The lowest BCUT2D eigenvalue weighted by atomic mass is 10.2. The van der Waals surface area contributed by atoms with Crippen LogP contribution < -0.4 is 15.5 Å². The van der Waals surface area contributed by atoms with Crippen molar-refractivity contribution in [1.29, 1.82) is 0 Å². The van der Waals surface area contributed by atoms with Gasteiger partial charge in [0.1, 0.15) is 12.1 Å². The van der Waals surface area contributed by atoms with Gasteiger partial charge in [-0.3, -0.25) is 19.7 Å². The van der Waals surface area contributed by atoms with Crippen LogP contribution in [0.2, 0.25) is 0 Å². The molecule has 1 aliphatic heterocycles. The van der Waals surface area contributed by atoms with Crippen molar-refractivity contribution < 1.29 is 9.59 Å². The number of amides is 3. The van der Waals surface area contributed by atoms with Gasteiger partial charge in [0.05, 0.1) is 17.6 Å². The van der Waals surface area contributed by atoms with Gasteiger partial charge in [-0.2, -0.15) is 5.10 Å². The maximum atomic E-state index is 12.1. The molecule has 0 saturated carbocycles. The van der Waals surface area contributed by atoms with E-state index < -0.39 is 6.03 Å². The Morgan fingerprint density at radius 2 is 1.92 bits per heavy atom. The van der Waals surface area contributed by atoms with Crippen molar-refractivity contribution in [2.75, 3.05) is 38.1 Å². The smallest absolute Gasteiger partial charge is 0.321 e. The van der Waals surface area contributed by atoms with E-state index in [1.807, 2.05) is 7.05 Å². The number of piperazine rings is 1. The predicted octanol–water partition coefficient (Wildman–Crippen LogP) is -0.671. The van der Waals surface area contributed by atoms with Crippen molar-refractivity contribution in [2.24, 2.45) is 7.05 Å². The number of imide groups is 1. The highest BCUT2D eigenvalue weighted by Crippen LogP contribution is 2.23. The van der Waals surface area contributed by atoms with Crippen molar-refractivity contribution in [3.05, 3.63) is 12.5 Å². The minimum absolute atomic E-state index is 0.301. The number of hydrogen-bond donors (Lipinski definition) is 2. The maximum absolute atomic E-state index is 12.1. The lowest BCUT2D eigenvalue weighted by molar-refractivity contribution is -0.124. The normalized spacial score (nSPS) is 16.7. The second-order valence-electron chi connectivity index (χ2n) is 5.97. The average Bonchev–Trinajstić information content (AvgIpc) is 3.02.